The molecule has 0 fully saturated rings. The normalized spacial score (nSPS) is 11.8. The zero-order valence-electron chi connectivity index (χ0n) is 11.2. The number of ether oxygens (including phenoxy) is 1. The Balaban J connectivity index is 2.46. The van der Waals surface area contributed by atoms with Crippen LogP contribution in [0.2, 0.25) is 0 Å². The fourth-order valence-corrected chi connectivity index (χ4v) is 2.01. The molecule has 1 aromatic carbocycles. The average molecular weight is 244 g/mol. The van der Waals surface area contributed by atoms with Crippen LogP contribution in [0.4, 0.5) is 0 Å². The van der Waals surface area contributed by atoms with E-state index in [-0.39, 0.29) is 5.41 Å². The minimum Gasteiger partial charge on any atom is -0.497 e. The molecule has 1 heterocycles. The van der Waals surface area contributed by atoms with E-state index in [2.05, 4.69) is 24.9 Å². The number of hydrogen-bond acceptors (Lipinski definition) is 3. The van der Waals surface area contributed by atoms with Gasteiger partial charge in [-0.3, -0.25) is 4.98 Å². The van der Waals surface area contributed by atoms with Gasteiger partial charge in [0.15, 0.2) is 0 Å². The van der Waals surface area contributed by atoms with Crippen molar-refractivity contribution in [2.75, 3.05) is 13.7 Å². The van der Waals surface area contributed by atoms with Crippen LogP contribution in [0.25, 0.3) is 10.8 Å². The molecule has 2 aromatic rings. The summed E-state index contributed by atoms with van der Waals surface area (Å²) in [5.74, 6) is 0.873. The van der Waals surface area contributed by atoms with E-state index in [1.807, 2.05) is 24.4 Å². The van der Waals surface area contributed by atoms with E-state index >= 15 is 0 Å². The van der Waals surface area contributed by atoms with E-state index in [0.717, 1.165) is 23.3 Å². The number of methoxy groups -OCH3 is 1. The van der Waals surface area contributed by atoms with E-state index in [4.69, 9.17) is 10.5 Å². The Hall–Kier alpha value is -1.61. The molecular weight excluding hydrogens is 224 g/mol. The third-order valence-corrected chi connectivity index (χ3v) is 3.25. The summed E-state index contributed by atoms with van der Waals surface area (Å²) < 4.78 is 5.24. The second-order valence-electron chi connectivity index (χ2n) is 5.39. The molecule has 2 rings (SSSR count). The van der Waals surface area contributed by atoms with Crippen LogP contribution in [0.3, 0.4) is 0 Å². The maximum atomic E-state index is 5.80. The topological polar surface area (TPSA) is 48.1 Å². The van der Waals surface area contributed by atoms with Gasteiger partial charge in [0.2, 0.25) is 0 Å². The van der Waals surface area contributed by atoms with Gasteiger partial charge in [0.25, 0.3) is 0 Å². The van der Waals surface area contributed by atoms with Crippen LogP contribution in [-0.4, -0.2) is 18.6 Å². The van der Waals surface area contributed by atoms with Crippen molar-refractivity contribution in [1.29, 1.82) is 0 Å². The van der Waals surface area contributed by atoms with Crippen molar-refractivity contribution in [1.82, 2.24) is 4.98 Å². The second kappa shape index (κ2) is 4.94. The van der Waals surface area contributed by atoms with Gasteiger partial charge < -0.3 is 10.5 Å². The van der Waals surface area contributed by atoms with Crippen LogP contribution in [0.1, 0.15) is 19.5 Å². The van der Waals surface area contributed by atoms with E-state index in [1.165, 1.54) is 5.39 Å². The Morgan fingerprint density at radius 2 is 2.06 bits per heavy atom. The van der Waals surface area contributed by atoms with Crippen molar-refractivity contribution >= 4 is 10.8 Å². The van der Waals surface area contributed by atoms with Gasteiger partial charge in [-0.2, -0.15) is 0 Å². The lowest BCUT2D eigenvalue weighted by molar-refractivity contribution is 0.374. The minimum atomic E-state index is 0.0706. The standard InChI is InChI=1S/C15H20N2O/c1-15(2,10-16)9-14-13-5-4-12(18-3)8-11(13)6-7-17-14/h4-8H,9-10,16H2,1-3H3. The SMILES string of the molecule is COc1ccc2c(CC(C)(C)CN)nccc2c1. The predicted octanol–water partition coefficient (Wildman–Crippen LogP) is 2.77. The fraction of sp³-hybridized carbons (Fsp3) is 0.400. The third-order valence-electron chi connectivity index (χ3n) is 3.25. The number of nitrogens with zero attached hydrogens (tertiary/aromatic N) is 1. The molecule has 0 unspecified atom stereocenters. The molecule has 0 saturated heterocycles. The van der Waals surface area contributed by atoms with Gasteiger partial charge in [0, 0.05) is 17.3 Å². The highest BCUT2D eigenvalue weighted by Gasteiger charge is 2.18. The predicted molar refractivity (Wildman–Crippen MR) is 74.8 cm³/mol. The van der Waals surface area contributed by atoms with Gasteiger partial charge in [-0.05, 0) is 48.0 Å². The van der Waals surface area contributed by atoms with Crippen molar-refractivity contribution in [2.24, 2.45) is 11.1 Å². The molecule has 3 nitrogen and oxygen atoms in total. The molecule has 0 aliphatic rings. The van der Waals surface area contributed by atoms with E-state index in [0.29, 0.717) is 6.54 Å². The van der Waals surface area contributed by atoms with Crippen LogP contribution < -0.4 is 10.5 Å². The number of rotatable bonds is 4. The Labute approximate surface area is 108 Å². The zero-order chi connectivity index (χ0) is 13.2. The molecule has 0 radical (unpaired) electrons. The molecule has 0 aliphatic heterocycles. The number of benzene rings is 1. The second-order valence-corrected chi connectivity index (χ2v) is 5.39. The van der Waals surface area contributed by atoms with Crippen molar-refractivity contribution in [3.63, 3.8) is 0 Å². The minimum absolute atomic E-state index is 0.0706. The molecule has 0 aliphatic carbocycles. The highest BCUT2D eigenvalue weighted by Crippen LogP contribution is 2.27. The fourth-order valence-electron chi connectivity index (χ4n) is 2.01. The molecule has 0 spiro atoms. The lowest BCUT2D eigenvalue weighted by Gasteiger charge is -2.22. The van der Waals surface area contributed by atoms with Gasteiger partial charge in [0.1, 0.15) is 5.75 Å². The zero-order valence-corrected chi connectivity index (χ0v) is 11.2. The molecule has 0 bridgehead atoms. The Morgan fingerprint density at radius 3 is 2.72 bits per heavy atom. The van der Waals surface area contributed by atoms with Crippen molar-refractivity contribution in [3.8, 4) is 5.75 Å². The van der Waals surface area contributed by atoms with Crippen LogP contribution >= 0.6 is 0 Å². The molecule has 18 heavy (non-hydrogen) atoms. The number of hydrogen-bond donors (Lipinski definition) is 1. The number of fused-ring (bicyclic) bond motifs is 1. The molecule has 0 saturated carbocycles. The van der Waals surface area contributed by atoms with Gasteiger partial charge in [-0.15, -0.1) is 0 Å². The molecule has 3 heteroatoms. The van der Waals surface area contributed by atoms with Gasteiger partial charge in [-0.1, -0.05) is 13.8 Å². The summed E-state index contributed by atoms with van der Waals surface area (Å²) in [5, 5.41) is 2.34. The first-order valence-corrected chi connectivity index (χ1v) is 6.17. The summed E-state index contributed by atoms with van der Waals surface area (Å²) in [6.07, 6.45) is 2.73. The lowest BCUT2D eigenvalue weighted by atomic mass is 9.86. The van der Waals surface area contributed by atoms with E-state index in [1.54, 1.807) is 7.11 Å². The molecule has 2 N–H and O–H groups in total. The van der Waals surface area contributed by atoms with Gasteiger partial charge in [0.05, 0.1) is 7.11 Å². The smallest absolute Gasteiger partial charge is 0.119 e. The van der Waals surface area contributed by atoms with E-state index in [9.17, 15) is 0 Å². The van der Waals surface area contributed by atoms with Gasteiger partial charge >= 0.3 is 0 Å². The Bertz CT molecular complexity index is 549. The first kappa shape index (κ1) is 12.8. The van der Waals surface area contributed by atoms with Crippen molar-refractivity contribution in [2.45, 2.75) is 20.3 Å². The first-order chi connectivity index (χ1) is 8.55. The monoisotopic (exact) mass is 244 g/mol. The number of aromatic nitrogens is 1. The number of nitrogens with two attached hydrogens (primary N) is 1. The van der Waals surface area contributed by atoms with Crippen LogP contribution in [0.5, 0.6) is 5.75 Å². The Morgan fingerprint density at radius 1 is 1.28 bits per heavy atom. The van der Waals surface area contributed by atoms with E-state index < -0.39 is 0 Å². The van der Waals surface area contributed by atoms with Crippen LogP contribution in [-0.2, 0) is 6.42 Å². The first-order valence-electron chi connectivity index (χ1n) is 6.17. The third kappa shape index (κ3) is 2.62. The molecule has 0 atom stereocenters. The van der Waals surface area contributed by atoms with Gasteiger partial charge in [-0.25, -0.2) is 0 Å². The summed E-state index contributed by atoms with van der Waals surface area (Å²) in [6, 6.07) is 8.10. The van der Waals surface area contributed by atoms with Crippen molar-refractivity contribution < 1.29 is 4.74 Å². The highest BCUT2D eigenvalue weighted by atomic mass is 16.5. The summed E-state index contributed by atoms with van der Waals surface area (Å²) in [4.78, 5) is 4.50. The summed E-state index contributed by atoms with van der Waals surface area (Å²) >= 11 is 0. The summed E-state index contributed by atoms with van der Waals surface area (Å²) in [7, 11) is 1.68. The quantitative estimate of drug-likeness (QED) is 0.899. The van der Waals surface area contributed by atoms with Crippen LogP contribution in [0, 0.1) is 5.41 Å². The Kier molecular flexibility index (Phi) is 3.53. The summed E-state index contributed by atoms with van der Waals surface area (Å²) in [6.45, 7) is 4.98. The summed E-state index contributed by atoms with van der Waals surface area (Å²) in [5.41, 5.74) is 6.97. The largest absolute Gasteiger partial charge is 0.497 e. The average Bonchev–Trinajstić information content (AvgIpc) is 2.38. The van der Waals surface area contributed by atoms with Crippen molar-refractivity contribution in [3.05, 3.63) is 36.2 Å². The van der Waals surface area contributed by atoms with Crippen LogP contribution in [0.15, 0.2) is 30.5 Å². The molecular formula is C15H20N2O. The lowest BCUT2D eigenvalue weighted by Crippen LogP contribution is -2.26. The maximum Gasteiger partial charge on any atom is 0.119 e. The highest BCUT2D eigenvalue weighted by molar-refractivity contribution is 5.85. The maximum absolute atomic E-state index is 5.80. The molecule has 96 valence electrons. The number of pyridine rings is 1. The molecule has 0 amide bonds. The molecule has 1 aromatic heterocycles.